The van der Waals surface area contributed by atoms with E-state index in [2.05, 4.69) is 15.9 Å². The van der Waals surface area contributed by atoms with E-state index in [1.807, 2.05) is 0 Å². The van der Waals surface area contributed by atoms with Crippen LogP contribution >= 0.6 is 15.9 Å². The predicted molar refractivity (Wildman–Crippen MR) is 58.2 cm³/mol. The van der Waals surface area contributed by atoms with Gasteiger partial charge in [-0.1, -0.05) is 28.1 Å². The van der Waals surface area contributed by atoms with E-state index in [1.54, 1.807) is 24.3 Å². The van der Waals surface area contributed by atoms with Crippen LogP contribution in [-0.2, 0) is 5.33 Å². The van der Waals surface area contributed by atoms with E-state index in [0.717, 1.165) is 0 Å². The van der Waals surface area contributed by atoms with E-state index < -0.39 is 0 Å². The van der Waals surface area contributed by atoms with Crippen molar-refractivity contribution in [3.63, 3.8) is 0 Å². The van der Waals surface area contributed by atoms with Crippen molar-refractivity contribution in [1.29, 1.82) is 10.5 Å². The van der Waals surface area contributed by atoms with Gasteiger partial charge in [0, 0.05) is 5.33 Å². The standard InChI is InChI=1S/C11H6BrFN2/c12-5-10-2-1-8(4-11(10)13)3-9(6-14)7-15/h1-4H,5H2. The van der Waals surface area contributed by atoms with Crippen LogP contribution in [0.15, 0.2) is 23.8 Å². The van der Waals surface area contributed by atoms with Crippen molar-refractivity contribution in [3.05, 3.63) is 40.7 Å². The first-order valence-electron chi connectivity index (χ1n) is 4.07. The fraction of sp³-hybridized carbons (Fsp3) is 0.0909. The lowest BCUT2D eigenvalue weighted by molar-refractivity contribution is 0.617. The summed E-state index contributed by atoms with van der Waals surface area (Å²) in [6, 6.07) is 8.00. The average molecular weight is 265 g/mol. The molecule has 0 aliphatic carbocycles. The molecule has 15 heavy (non-hydrogen) atoms. The molecule has 0 aliphatic rings. The Morgan fingerprint density at radius 2 is 2.07 bits per heavy atom. The first-order valence-corrected chi connectivity index (χ1v) is 5.19. The number of hydrogen-bond acceptors (Lipinski definition) is 2. The van der Waals surface area contributed by atoms with Gasteiger partial charge >= 0.3 is 0 Å². The van der Waals surface area contributed by atoms with Crippen molar-refractivity contribution < 1.29 is 4.39 Å². The maximum Gasteiger partial charge on any atom is 0.130 e. The molecule has 4 heteroatoms. The van der Waals surface area contributed by atoms with Gasteiger partial charge in [0.1, 0.15) is 23.5 Å². The van der Waals surface area contributed by atoms with E-state index in [9.17, 15) is 4.39 Å². The SMILES string of the molecule is N#CC(C#N)=Cc1ccc(CBr)c(F)c1. The highest BCUT2D eigenvalue weighted by Crippen LogP contribution is 2.15. The highest BCUT2D eigenvalue weighted by molar-refractivity contribution is 9.08. The lowest BCUT2D eigenvalue weighted by atomic mass is 10.1. The summed E-state index contributed by atoms with van der Waals surface area (Å²) in [5, 5.41) is 17.5. The van der Waals surface area contributed by atoms with Gasteiger partial charge < -0.3 is 0 Å². The van der Waals surface area contributed by atoms with Crippen LogP contribution in [0.1, 0.15) is 11.1 Å². The van der Waals surface area contributed by atoms with Crippen LogP contribution in [0.5, 0.6) is 0 Å². The van der Waals surface area contributed by atoms with Crippen molar-refractivity contribution >= 4 is 22.0 Å². The van der Waals surface area contributed by atoms with Crippen molar-refractivity contribution in [1.82, 2.24) is 0 Å². The van der Waals surface area contributed by atoms with Crippen LogP contribution in [0.3, 0.4) is 0 Å². The first kappa shape index (κ1) is 11.4. The van der Waals surface area contributed by atoms with E-state index in [-0.39, 0.29) is 11.4 Å². The van der Waals surface area contributed by atoms with Crippen molar-refractivity contribution in [3.8, 4) is 12.1 Å². The maximum absolute atomic E-state index is 13.3. The Morgan fingerprint density at radius 3 is 2.53 bits per heavy atom. The number of allylic oxidation sites excluding steroid dienone is 1. The van der Waals surface area contributed by atoms with Crippen LogP contribution in [-0.4, -0.2) is 0 Å². The molecule has 0 fully saturated rings. The second-order valence-electron chi connectivity index (χ2n) is 2.77. The fourth-order valence-electron chi connectivity index (χ4n) is 1.02. The van der Waals surface area contributed by atoms with Crippen LogP contribution in [0.4, 0.5) is 4.39 Å². The third kappa shape index (κ3) is 2.90. The molecular weight excluding hydrogens is 259 g/mol. The zero-order chi connectivity index (χ0) is 11.3. The Labute approximate surface area is 95.4 Å². The fourth-order valence-corrected chi connectivity index (χ4v) is 1.47. The number of benzene rings is 1. The number of hydrogen-bond donors (Lipinski definition) is 0. The molecule has 0 spiro atoms. The number of halogens is 2. The average Bonchev–Trinajstić information content (AvgIpc) is 2.26. The van der Waals surface area contributed by atoms with E-state index >= 15 is 0 Å². The molecule has 1 aromatic rings. The van der Waals surface area contributed by atoms with Gasteiger partial charge in [0.15, 0.2) is 0 Å². The molecule has 0 N–H and O–H groups in total. The molecule has 0 saturated carbocycles. The molecule has 2 nitrogen and oxygen atoms in total. The number of nitrogens with zero attached hydrogens (tertiary/aromatic N) is 2. The summed E-state index contributed by atoms with van der Waals surface area (Å²) in [6.07, 6.45) is 1.35. The predicted octanol–water partition coefficient (Wildman–Crippen LogP) is 3.15. The molecule has 0 unspecified atom stereocenters. The molecule has 0 bridgehead atoms. The first-order chi connectivity index (χ1) is 7.21. The molecule has 1 aromatic carbocycles. The molecule has 0 atom stereocenters. The molecule has 74 valence electrons. The Morgan fingerprint density at radius 1 is 1.40 bits per heavy atom. The van der Waals surface area contributed by atoms with Crippen molar-refractivity contribution in [2.45, 2.75) is 5.33 Å². The van der Waals surface area contributed by atoms with Gasteiger partial charge in [-0.05, 0) is 23.3 Å². The molecule has 0 aromatic heterocycles. The quantitative estimate of drug-likeness (QED) is 0.609. The summed E-state index contributed by atoms with van der Waals surface area (Å²) in [5.74, 6) is -0.351. The van der Waals surface area contributed by atoms with Crippen molar-refractivity contribution in [2.24, 2.45) is 0 Å². The third-order valence-corrected chi connectivity index (χ3v) is 2.38. The summed E-state index contributed by atoms with van der Waals surface area (Å²) in [7, 11) is 0. The minimum Gasteiger partial charge on any atom is -0.207 e. The van der Waals surface area contributed by atoms with Crippen LogP contribution < -0.4 is 0 Å². The van der Waals surface area contributed by atoms with Gasteiger partial charge in [-0.2, -0.15) is 10.5 Å². The molecule has 1 rings (SSSR count). The van der Waals surface area contributed by atoms with Gasteiger partial charge in [0.25, 0.3) is 0 Å². The topological polar surface area (TPSA) is 47.6 Å². The number of nitriles is 2. The monoisotopic (exact) mass is 264 g/mol. The van der Waals surface area contributed by atoms with E-state index in [4.69, 9.17) is 10.5 Å². The smallest absolute Gasteiger partial charge is 0.130 e. The zero-order valence-electron chi connectivity index (χ0n) is 7.67. The van der Waals surface area contributed by atoms with Crippen LogP contribution in [0.2, 0.25) is 0 Å². The molecular formula is C11H6BrFN2. The van der Waals surface area contributed by atoms with Crippen molar-refractivity contribution in [2.75, 3.05) is 0 Å². The lowest BCUT2D eigenvalue weighted by Crippen LogP contribution is -1.86. The second-order valence-corrected chi connectivity index (χ2v) is 3.33. The minimum atomic E-state index is -0.351. The largest absolute Gasteiger partial charge is 0.207 e. The number of rotatable bonds is 2. The van der Waals surface area contributed by atoms with E-state index in [1.165, 1.54) is 12.1 Å². The van der Waals surface area contributed by atoms with Gasteiger partial charge in [-0.15, -0.1) is 0 Å². The third-order valence-electron chi connectivity index (χ3n) is 1.77. The Balaban J connectivity index is 3.11. The van der Waals surface area contributed by atoms with Gasteiger partial charge in [-0.3, -0.25) is 0 Å². The van der Waals surface area contributed by atoms with Gasteiger partial charge in [0.2, 0.25) is 0 Å². The molecule has 0 radical (unpaired) electrons. The van der Waals surface area contributed by atoms with Gasteiger partial charge in [0.05, 0.1) is 0 Å². The Kier molecular flexibility index (Phi) is 4.03. The minimum absolute atomic E-state index is 0.0407. The summed E-state index contributed by atoms with van der Waals surface area (Å²) in [5.41, 5.74) is 1.01. The normalized spacial score (nSPS) is 8.80. The highest BCUT2D eigenvalue weighted by atomic mass is 79.9. The summed E-state index contributed by atoms with van der Waals surface area (Å²) < 4.78 is 13.3. The summed E-state index contributed by atoms with van der Waals surface area (Å²) in [4.78, 5) is 0. The molecule has 0 amide bonds. The van der Waals surface area contributed by atoms with Gasteiger partial charge in [-0.25, -0.2) is 4.39 Å². The van der Waals surface area contributed by atoms with E-state index in [0.29, 0.717) is 16.5 Å². The zero-order valence-corrected chi connectivity index (χ0v) is 9.25. The number of alkyl halides is 1. The lowest BCUT2D eigenvalue weighted by Gasteiger charge is -1.99. The Bertz CT molecular complexity index is 464. The highest BCUT2D eigenvalue weighted by Gasteiger charge is 2.01. The summed E-state index contributed by atoms with van der Waals surface area (Å²) >= 11 is 3.15. The Hall–Kier alpha value is -1.65. The molecule has 0 saturated heterocycles. The molecule has 0 heterocycles. The van der Waals surface area contributed by atoms with Crippen LogP contribution in [0.25, 0.3) is 6.08 Å². The van der Waals surface area contributed by atoms with Crippen LogP contribution in [0, 0.1) is 28.5 Å². The summed E-state index contributed by atoms with van der Waals surface area (Å²) in [6.45, 7) is 0. The maximum atomic E-state index is 13.3. The molecule has 0 aliphatic heterocycles. The second kappa shape index (κ2) is 5.29.